The average Bonchev–Trinajstić information content (AvgIpc) is 2.92. The molecule has 0 atom stereocenters. The molecule has 0 unspecified atom stereocenters. The summed E-state index contributed by atoms with van der Waals surface area (Å²) in [4.78, 5) is 2.39. The van der Waals surface area contributed by atoms with Crippen molar-refractivity contribution in [1.29, 1.82) is 0 Å². The van der Waals surface area contributed by atoms with E-state index in [0.717, 1.165) is 25.9 Å². The van der Waals surface area contributed by atoms with Crippen molar-refractivity contribution in [3.05, 3.63) is 155 Å². The van der Waals surface area contributed by atoms with Gasteiger partial charge >= 0.3 is 0 Å². The zero-order valence-electron chi connectivity index (χ0n) is 20.9. The molecule has 0 saturated carbocycles. The Balaban J connectivity index is 1.68. The quantitative estimate of drug-likeness (QED) is 0.216. The third-order valence-electron chi connectivity index (χ3n) is 6.43. The summed E-state index contributed by atoms with van der Waals surface area (Å²) >= 11 is 0. The lowest BCUT2D eigenvalue weighted by molar-refractivity contribution is 0.865. The zero-order valence-corrected chi connectivity index (χ0v) is 20.9. The number of hydrogen-bond donors (Lipinski definition) is 0. The van der Waals surface area contributed by atoms with Crippen LogP contribution in [-0.4, -0.2) is 13.1 Å². The lowest BCUT2D eigenvalue weighted by atomic mass is 9.94. The summed E-state index contributed by atoms with van der Waals surface area (Å²) in [6.45, 7) is 6.48. The van der Waals surface area contributed by atoms with Crippen molar-refractivity contribution in [1.82, 2.24) is 0 Å². The van der Waals surface area contributed by atoms with Crippen LogP contribution in [0.25, 0.3) is 5.57 Å². The molecule has 0 N–H and O–H groups in total. The molecular weight excluding hydrogens is 422 g/mol. The molecule has 4 aromatic carbocycles. The molecule has 4 rings (SSSR count). The minimum absolute atomic E-state index is 0.931. The van der Waals surface area contributed by atoms with Crippen molar-refractivity contribution in [3.8, 4) is 0 Å². The molecule has 0 spiro atoms. The number of allylic oxidation sites excluding steroid dienone is 3. The SMILES string of the molecule is CCN(CC)c1ccc(CC(=CC=C(c2ccccc2)c2ccccc2)Cc2ccccc2)cc1. The lowest BCUT2D eigenvalue weighted by Gasteiger charge is -2.21. The zero-order chi connectivity index (χ0) is 24.3. The summed E-state index contributed by atoms with van der Waals surface area (Å²) in [5, 5.41) is 0. The third-order valence-corrected chi connectivity index (χ3v) is 6.43. The van der Waals surface area contributed by atoms with Crippen LogP contribution in [0.1, 0.15) is 36.1 Å². The van der Waals surface area contributed by atoms with E-state index < -0.39 is 0 Å². The van der Waals surface area contributed by atoms with Gasteiger partial charge in [0.1, 0.15) is 0 Å². The molecule has 0 aliphatic rings. The van der Waals surface area contributed by atoms with Crippen LogP contribution < -0.4 is 4.90 Å². The van der Waals surface area contributed by atoms with Crippen LogP contribution in [0, 0.1) is 0 Å². The monoisotopic (exact) mass is 457 g/mol. The van der Waals surface area contributed by atoms with E-state index in [1.165, 1.54) is 39.1 Å². The maximum absolute atomic E-state index is 2.39. The summed E-state index contributed by atoms with van der Waals surface area (Å²) in [5.74, 6) is 0. The Hall–Kier alpha value is -3.84. The smallest absolute Gasteiger partial charge is 0.0366 e. The first kappa shape index (κ1) is 24.3. The van der Waals surface area contributed by atoms with Crippen LogP contribution in [0.2, 0.25) is 0 Å². The van der Waals surface area contributed by atoms with Crippen LogP contribution in [0.5, 0.6) is 0 Å². The van der Waals surface area contributed by atoms with Crippen molar-refractivity contribution >= 4 is 11.3 Å². The maximum atomic E-state index is 2.39. The highest BCUT2D eigenvalue weighted by atomic mass is 15.1. The third kappa shape index (κ3) is 6.83. The number of nitrogens with zero attached hydrogens (tertiary/aromatic N) is 1. The molecule has 0 aromatic heterocycles. The predicted octanol–water partition coefficient (Wildman–Crippen LogP) is 8.38. The Labute approximate surface area is 211 Å². The highest BCUT2D eigenvalue weighted by molar-refractivity contribution is 5.80. The molecule has 1 heteroatoms. The fourth-order valence-electron chi connectivity index (χ4n) is 4.51. The summed E-state index contributed by atoms with van der Waals surface area (Å²) in [5.41, 5.74) is 9.09. The molecule has 1 nitrogen and oxygen atoms in total. The fraction of sp³-hybridized carbons (Fsp3) is 0.176. The first-order valence-electron chi connectivity index (χ1n) is 12.6. The molecule has 0 fully saturated rings. The standard InChI is InChI=1S/C34H35N/c1-3-35(4-2)33-23-20-29(21-24-33)27-30(26-28-14-8-5-9-15-28)22-25-34(31-16-10-6-11-17-31)32-18-12-7-13-19-32/h5-25H,3-4,26-27H2,1-2H3. The summed E-state index contributed by atoms with van der Waals surface area (Å²) in [6.07, 6.45) is 6.50. The van der Waals surface area contributed by atoms with Gasteiger partial charge in [-0.15, -0.1) is 0 Å². The van der Waals surface area contributed by atoms with E-state index in [9.17, 15) is 0 Å². The Kier molecular flexibility index (Phi) is 8.73. The fourth-order valence-corrected chi connectivity index (χ4v) is 4.51. The van der Waals surface area contributed by atoms with Gasteiger partial charge in [-0.2, -0.15) is 0 Å². The average molecular weight is 458 g/mol. The Morgan fingerprint density at radius 2 is 1.00 bits per heavy atom. The second-order valence-corrected chi connectivity index (χ2v) is 8.82. The van der Waals surface area contributed by atoms with Gasteiger partial charge in [0.2, 0.25) is 0 Å². The number of anilines is 1. The van der Waals surface area contributed by atoms with Crippen molar-refractivity contribution in [3.63, 3.8) is 0 Å². The molecule has 0 bridgehead atoms. The molecule has 0 aliphatic heterocycles. The van der Waals surface area contributed by atoms with Crippen molar-refractivity contribution in [2.24, 2.45) is 0 Å². The van der Waals surface area contributed by atoms with Gasteiger partial charge in [-0.25, -0.2) is 0 Å². The first-order chi connectivity index (χ1) is 17.3. The van der Waals surface area contributed by atoms with Crippen LogP contribution in [0.15, 0.2) is 133 Å². The molecule has 0 aliphatic carbocycles. The molecule has 0 saturated heterocycles. The van der Waals surface area contributed by atoms with Crippen LogP contribution in [0.3, 0.4) is 0 Å². The van der Waals surface area contributed by atoms with Crippen molar-refractivity contribution in [2.75, 3.05) is 18.0 Å². The number of benzene rings is 4. The molecule has 176 valence electrons. The van der Waals surface area contributed by atoms with Crippen molar-refractivity contribution in [2.45, 2.75) is 26.7 Å². The minimum atomic E-state index is 0.931. The van der Waals surface area contributed by atoms with Gasteiger partial charge in [0, 0.05) is 18.8 Å². The van der Waals surface area contributed by atoms with E-state index in [1.54, 1.807) is 0 Å². The Morgan fingerprint density at radius 1 is 0.543 bits per heavy atom. The van der Waals surface area contributed by atoms with Crippen LogP contribution >= 0.6 is 0 Å². The van der Waals surface area contributed by atoms with Gasteiger partial charge in [-0.05, 0) is 66.6 Å². The molecule has 35 heavy (non-hydrogen) atoms. The highest BCUT2D eigenvalue weighted by Gasteiger charge is 2.07. The van der Waals surface area contributed by atoms with E-state index >= 15 is 0 Å². The molecule has 0 heterocycles. The van der Waals surface area contributed by atoms with E-state index in [-0.39, 0.29) is 0 Å². The van der Waals surface area contributed by atoms with Gasteiger partial charge < -0.3 is 4.90 Å². The van der Waals surface area contributed by atoms with Gasteiger partial charge in [-0.1, -0.05) is 121 Å². The second kappa shape index (κ2) is 12.6. The maximum Gasteiger partial charge on any atom is 0.0366 e. The van der Waals surface area contributed by atoms with Gasteiger partial charge in [0.25, 0.3) is 0 Å². The van der Waals surface area contributed by atoms with Crippen LogP contribution in [-0.2, 0) is 12.8 Å². The Bertz CT molecular complexity index is 1170. The summed E-state index contributed by atoms with van der Waals surface area (Å²) in [7, 11) is 0. The van der Waals surface area contributed by atoms with Gasteiger partial charge in [0.15, 0.2) is 0 Å². The summed E-state index contributed by atoms with van der Waals surface area (Å²) < 4.78 is 0. The van der Waals surface area contributed by atoms with E-state index in [0.29, 0.717) is 0 Å². The van der Waals surface area contributed by atoms with E-state index in [2.05, 4.69) is 146 Å². The molecule has 4 aromatic rings. The molecule has 0 radical (unpaired) electrons. The Morgan fingerprint density at radius 3 is 1.49 bits per heavy atom. The summed E-state index contributed by atoms with van der Waals surface area (Å²) in [6, 6.07) is 41.2. The van der Waals surface area contributed by atoms with Crippen molar-refractivity contribution < 1.29 is 0 Å². The largest absolute Gasteiger partial charge is 0.372 e. The normalized spacial score (nSPS) is 11.2. The topological polar surface area (TPSA) is 3.24 Å². The highest BCUT2D eigenvalue weighted by Crippen LogP contribution is 2.25. The molecule has 0 amide bonds. The second-order valence-electron chi connectivity index (χ2n) is 8.82. The lowest BCUT2D eigenvalue weighted by Crippen LogP contribution is -2.21. The van der Waals surface area contributed by atoms with Gasteiger partial charge in [0.05, 0.1) is 0 Å². The van der Waals surface area contributed by atoms with E-state index in [4.69, 9.17) is 0 Å². The minimum Gasteiger partial charge on any atom is -0.372 e. The van der Waals surface area contributed by atoms with Gasteiger partial charge in [-0.3, -0.25) is 0 Å². The van der Waals surface area contributed by atoms with Crippen LogP contribution in [0.4, 0.5) is 5.69 Å². The van der Waals surface area contributed by atoms with E-state index in [1.807, 2.05) is 0 Å². The molecular formula is C34H35N. The predicted molar refractivity (Wildman–Crippen MR) is 152 cm³/mol. The number of hydrogen-bond acceptors (Lipinski definition) is 1. The first-order valence-corrected chi connectivity index (χ1v) is 12.6. The number of rotatable bonds is 10.